The van der Waals surface area contributed by atoms with Crippen LogP contribution in [0, 0.1) is 20.8 Å². The molecule has 0 unspecified atom stereocenters. The highest BCUT2D eigenvalue weighted by atomic mass is 16.4. The van der Waals surface area contributed by atoms with Crippen LogP contribution in [0.5, 0.6) is 0 Å². The van der Waals surface area contributed by atoms with E-state index in [0.717, 1.165) is 5.69 Å². The van der Waals surface area contributed by atoms with Crippen molar-refractivity contribution in [2.24, 2.45) is 0 Å². The van der Waals surface area contributed by atoms with E-state index in [4.69, 9.17) is 5.11 Å². The number of aromatic nitrogens is 2. The predicted molar refractivity (Wildman–Crippen MR) is 74.2 cm³/mol. The van der Waals surface area contributed by atoms with Gasteiger partial charge >= 0.3 is 5.97 Å². The number of nitrogens with one attached hydrogen (secondary N) is 2. The van der Waals surface area contributed by atoms with Crippen LogP contribution in [0.2, 0.25) is 0 Å². The Bertz CT molecular complexity index is 689. The molecule has 0 spiro atoms. The Morgan fingerprint density at radius 1 is 1.30 bits per heavy atom. The molecule has 2 heterocycles. The second-order valence-electron chi connectivity index (χ2n) is 4.57. The number of aromatic amines is 1. The number of hydrogen-bond donors (Lipinski definition) is 3. The second kappa shape index (κ2) is 5.16. The van der Waals surface area contributed by atoms with Crippen LogP contribution in [0.3, 0.4) is 0 Å². The first kappa shape index (κ1) is 13.8. The minimum atomic E-state index is -1.08. The number of anilines is 1. The van der Waals surface area contributed by atoms with Gasteiger partial charge in [0.2, 0.25) is 0 Å². The van der Waals surface area contributed by atoms with Crippen LogP contribution in [0.25, 0.3) is 0 Å². The van der Waals surface area contributed by atoms with Gasteiger partial charge in [0, 0.05) is 23.3 Å². The van der Waals surface area contributed by atoms with Crippen LogP contribution in [-0.4, -0.2) is 27.0 Å². The third-order valence-electron chi connectivity index (χ3n) is 3.03. The number of hydrogen-bond acceptors (Lipinski definition) is 3. The molecule has 0 fully saturated rings. The van der Waals surface area contributed by atoms with E-state index in [0.29, 0.717) is 22.5 Å². The molecule has 6 nitrogen and oxygen atoms in total. The number of aromatic carboxylic acids is 1. The fourth-order valence-electron chi connectivity index (χ4n) is 2.12. The maximum Gasteiger partial charge on any atom is 0.352 e. The highest BCUT2D eigenvalue weighted by molar-refractivity contribution is 6.08. The van der Waals surface area contributed by atoms with Crippen LogP contribution in [0.4, 0.5) is 5.69 Å². The van der Waals surface area contributed by atoms with E-state index < -0.39 is 5.97 Å². The Morgan fingerprint density at radius 3 is 2.55 bits per heavy atom. The molecule has 2 aromatic rings. The van der Waals surface area contributed by atoms with Crippen LogP contribution in [0.15, 0.2) is 18.3 Å². The monoisotopic (exact) mass is 273 g/mol. The van der Waals surface area contributed by atoms with Gasteiger partial charge in [0.25, 0.3) is 5.91 Å². The predicted octanol–water partition coefficient (Wildman–Crippen LogP) is 2.29. The Labute approximate surface area is 115 Å². The minimum absolute atomic E-state index is 0.0403. The summed E-state index contributed by atoms with van der Waals surface area (Å²) in [5.74, 6) is -1.42. The fraction of sp³-hybridized carbons (Fsp3) is 0.214. The Balaban J connectivity index is 2.32. The summed E-state index contributed by atoms with van der Waals surface area (Å²) in [6.07, 6.45) is 1.60. The molecule has 2 aromatic heterocycles. The molecule has 0 aliphatic carbocycles. The number of rotatable bonds is 3. The van der Waals surface area contributed by atoms with E-state index in [9.17, 15) is 9.59 Å². The summed E-state index contributed by atoms with van der Waals surface area (Å²) in [6.45, 7) is 5.11. The third-order valence-corrected chi connectivity index (χ3v) is 3.03. The van der Waals surface area contributed by atoms with Gasteiger partial charge in [0.1, 0.15) is 5.69 Å². The summed E-state index contributed by atoms with van der Waals surface area (Å²) in [6, 6.07) is 3.42. The van der Waals surface area contributed by atoms with Crippen molar-refractivity contribution in [2.75, 3.05) is 5.32 Å². The average Bonchev–Trinajstić information content (AvgIpc) is 2.65. The van der Waals surface area contributed by atoms with Gasteiger partial charge in [-0.2, -0.15) is 0 Å². The molecular formula is C14H15N3O3. The number of carbonyl (C=O) groups excluding carboxylic acids is 1. The SMILES string of the molecule is Cc1cc(NC(=O)c2c(C)[nH]c(C(=O)O)c2C)ccn1. The van der Waals surface area contributed by atoms with Gasteiger partial charge in [-0.15, -0.1) is 0 Å². The van der Waals surface area contributed by atoms with Crippen LogP contribution < -0.4 is 5.32 Å². The van der Waals surface area contributed by atoms with Gasteiger partial charge < -0.3 is 15.4 Å². The van der Waals surface area contributed by atoms with Crippen molar-refractivity contribution < 1.29 is 14.7 Å². The van der Waals surface area contributed by atoms with Crippen molar-refractivity contribution in [3.63, 3.8) is 0 Å². The van der Waals surface area contributed by atoms with E-state index in [-0.39, 0.29) is 11.6 Å². The molecule has 0 aromatic carbocycles. The maximum atomic E-state index is 12.3. The van der Waals surface area contributed by atoms with Crippen molar-refractivity contribution in [2.45, 2.75) is 20.8 Å². The molecule has 0 atom stereocenters. The zero-order valence-electron chi connectivity index (χ0n) is 11.4. The minimum Gasteiger partial charge on any atom is -0.477 e. The number of amides is 1. The number of carbonyl (C=O) groups is 2. The van der Waals surface area contributed by atoms with Gasteiger partial charge in [-0.3, -0.25) is 9.78 Å². The smallest absolute Gasteiger partial charge is 0.352 e. The van der Waals surface area contributed by atoms with Gasteiger partial charge in [-0.05, 0) is 38.5 Å². The first-order valence-electron chi connectivity index (χ1n) is 6.06. The summed E-state index contributed by atoms with van der Waals surface area (Å²) in [4.78, 5) is 30.1. The standard InChI is InChI=1S/C14H15N3O3/c1-7-6-10(4-5-15-7)17-13(18)11-8(2)12(14(19)20)16-9(11)3/h4-6,16H,1-3H3,(H,19,20)(H,15,17,18). The van der Waals surface area contributed by atoms with Gasteiger partial charge in [-0.25, -0.2) is 4.79 Å². The summed E-state index contributed by atoms with van der Waals surface area (Å²) in [7, 11) is 0. The molecule has 104 valence electrons. The number of carboxylic acid groups (broad SMARTS) is 1. The zero-order chi connectivity index (χ0) is 14.9. The van der Waals surface area contributed by atoms with E-state index in [1.807, 2.05) is 6.92 Å². The average molecular weight is 273 g/mol. The lowest BCUT2D eigenvalue weighted by molar-refractivity contribution is 0.0690. The van der Waals surface area contributed by atoms with Crippen LogP contribution >= 0.6 is 0 Å². The molecule has 0 radical (unpaired) electrons. The van der Waals surface area contributed by atoms with E-state index in [1.165, 1.54) is 0 Å². The second-order valence-corrected chi connectivity index (χ2v) is 4.57. The first-order chi connectivity index (χ1) is 9.40. The molecule has 3 N–H and O–H groups in total. The molecule has 2 rings (SSSR count). The number of nitrogens with zero attached hydrogens (tertiary/aromatic N) is 1. The summed E-state index contributed by atoms with van der Waals surface area (Å²) < 4.78 is 0. The molecule has 1 amide bonds. The van der Waals surface area contributed by atoms with Crippen molar-refractivity contribution in [3.05, 3.63) is 46.5 Å². The molecule has 0 bridgehead atoms. The highest BCUT2D eigenvalue weighted by Crippen LogP contribution is 2.19. The largest absolute Gasteiger partial charge is 0.477 e. The lowest BCUT2D eigenvalue weighted by atomic mass is 10.1. The van der Waals surface area contributed by atoms with Crippen LogP contribution in [-0.2, 0) is 0 Å². The Hall–Kier alpha value is -2.63. The van der Waals surface area contributed by atoms with Gasteiger partial charge in [-0.1, -0.05) is 0 Å². The summed E-state index contributed by atoms with van der Waals surface area (Å²) in [5.41, 5.74) is 2.77. The zero-order valence-corrected chi connectivity index (χ0v) is 11.4. The van der Waals surface area contributed by atoms with Crippen molar-refractivity contribution in [1.29, 1.82) is 0 Å². The summed E-state index contributed by atoms with van der Waals surface area (Å²) >= 11 is 0. The number of carboxylic acids is 1. The third kappa shape index (κ3) is 2.54. The van der Waals surface area contributed by atoms with Crippen molar-refractivity contribution in [3.8, 4) is 0 Å². The molecule has 6 heteroatoms. The van der Waals surface area contributed by atoms with E-state index in [2.05, 4.69) is 15.3 Å². The van der Waals surface area contributed by atoms with Gasteiger partial charge in [0.15, 0.2) is 0 Å². The Morgan fingerprint density at radius 2 is 2.00 bits per heavy atom. The molecular weight excluding hydrogens is 258 g/mol. The first-order valence-corrected chi connectivity index (χ1v) is 6.06. The number of H-pyrrole nitrogens is 1. The van der Waals surface area contributed by atoms with Crippen molar-refractivity contribution in [1.82, 2.24) is 9.97 Å². The molecule has 0 saturated carbocycles. The quantitative estimate of drug-likeness (QED) is 0.799. The maximum absolute atomic E-state index is 12.3. The summed E-state index contributed by atoms with van der Waals surface area (Å²) in [5, 5.41) is 11.8. The molecule has 0 aliphatic rings. The lowest BCUT2D eigenvalue weighted by Gasteiger charge is -2.06. The topological polar surface area (TPSA) is 95.1 Å². The number of pyridine rings is 1. The van der Waals surface area contributed by atoms with Crippen LogP contribution in [0.1, 0.15) is 37.8 Å². The number of aryl methyl sites for hydroxylation is 2. The molecule has 0 saturated heterocycles. The van der Waals surface area contributed by atoms with Gasteiger partial charge in [0.05, 0.1) is 5.56 Å². The van der Waals surface area contributed by atoms with E-state index >= 15 is 0 Å². The lowest BCUT2D eigenvalue weighted by Crippen LogP contribution is -2.14. The van der Waals surface area contributed by atoms with Crippen molar-refractivity contribution >= 4 is 17.6 Å². The molecule has 0 aliphatic heterocycles. The highest BCUT2D eigenvalue weighted by Gasteiger charge is 2.21. The molecule has 20 heavy (non-hydrogen) atoms. The normalized spacial score (nSPS) is 10.3. The fourth-order valence-corrected chi connectivity index (χ4v) is 2.12. The van der Waals surface area contributed by atoms with E-state index in [1.54, 1.807) is 32.2 Å². The Kier molecular flexibility index (Phi) is 3.56.